The first-order valence-corrected chi connectivity index (χ1v) is 9.19. The molecular formula is C19H28N3O3+. The number of nitrogens with zero attached hydrogens (tertiary/aromatic N) is 1. The summed E-state index contributed by atoms with van der Waals surface area (Å²) in [4.78, 5) is 27.1. The lowest BCUT2D eigenvalue weighted by molar-refractivity contribution is -0.892. The molecule has 0 aliphatic carbocycles. The zero-order valence-electron chi connectivity index (χ0n) is 14.9. The molecule has 0 spiro atoms. The average molecular weight is 346 g/mol. The van der Waals surface area contributed by atoms with E-state index >= 15 is 0 Å². The maximum absolute atomic E-state index is 12.1. The highest BCUT2D eigenvalue weighted by molar-refractivity contribution is 5.94. The molecule has 2 heterocycles. The van der Waals surface area contributed by atoms with E-state index in [2.05, 4.69) is 10.2 Å². The van der Waals surface area contributed by atoms with Crippen molar-refractivity contribution >= 4 is 17.4 Å². The van der Waals surface area contributed by atoms with Crippen molar-refractivity contribution in [3.8, 4) is 0 Å². The van der Waals surface area contributed by atoms with E-state index in [1.165, 1.54) is 4.90 Å². The van der Waals surface area contributed by atoms with Crippen LogP contribution in [0.4, 0.5) is 5.69 Å². The molecule has 2 aliphatic heterocycles. The van der Waals surface area contributed by atoms with Gasteiger partial charge in [-0.25, -0.2) is 0 Å². The second-order valence-electron chi connectivity index (χ2n) is 6.96. The van der Waals surface area contributed by atoms with Crippen LogP contribution in [0.15, 0.2) is 24.3 Å². The van der Waals surface area contributed by atoms with Crippen molar-refractivity contribution in [2.45, 2.75) is 25.9 Å². The highest BCUT2D eigenvalue weighted by Gasteiger charge is 2.23. The molecular weight excluding hydrogens is 318 g/mol. The molecule has 136 valence electrons. The fourth-order valence-corrected chi connectivity index (χ4v) is 3.49. The molecule has 1 aromatic rings. The lowest BCUT2D eigenvalue weighted by Gasteiger charge is -2.33. The molecule has 6 heteroatoms. The van der Waals surface area contributed by atoms with Crippen LogP contribution in [0.5, 0.6) is 0 Å². The van der Waals surface area contributed by atoms with Gasteiger partial charge in [-0.2, -0.15) is 0 Å². The molecule has 25 heavy (non-hydrogen) atoms. The van der Waals surface area contributed by atoms with Crippen LogP contribution in [0.2, 0.25) is 0 Å². The third-order valence-corrected chi connectivity index (χ3v) is 5.07. The third kappa shape index (κ3) is 5.03. The summed E-state index contributed by atoms with van der Waals surface area (Å²) < 4.78 is 5.53. The molecule has 0 unspecified atom stereocenters. The highest BCUT2D eigenvalue weighted by atomic mass is 16.5. The van der Waals surface area contributed by atoms with E-state index in [9.17, 15) is 9.59 Å². The number of quaternary nitrogens is 1. The van der Waals surface area contributed by atoms with Crippen molar-refractivity contribution in [2.24, 2.45) is 0 Å². The molecule has 3 rings (SSSR count). The Morgan fingerprint density at radius 2 is 1.96 bits per heavy atom. The van der Waals surface area contributed by atoms with Gasteiger partial charge in [-0.1, -0.05) is 0 Å². The van der Waals surface area contributed by atoms with Gasteiger partial charge >= 0.3 is 0 Å². The Balaban J connectivity index is 1.40. The zero-order chi connectivity index (χ0) is 17.6. The Morgan fingerprint density at radius 1 is 1.24 bits per heavy atom. The largest absolute Gasteiger partial charge is 0.376 e. The number of amides is 1. The van der Waals surface area contributed by atoms with E-state index in [1.54, 1.807) is 6.92 Å². The number of piperazine rings is 1. The zero-order valence-corrected chi connectivity index (χ0v) is 14.9. The fourth-order valence-electron chi connectivity index (χ4n) is 3.49. The van der Waals surface area contributed by atoms with Crippen LogP contribution >= 0.6 is 0 Å². The monoisotopic (exact) mass is 346 g/mol. The van der Waals surface area contributed by atoms with E-state index in [1.807, 2.05) is 24.3 Å². The van der Waals surface area contributed by atoms with Crippen LogP contribution in [0.3, 0.4) is 0 Å². The van der Waals surface area contributed by atoms with Gasteiger partial charge in [-0.05, 0) is 44.0 Å². The minimum Gasteiger partial charge on any atom is -0.376 e. The smallest absolute Gasteiger partial charge is 0.275 e. The van der Waals surface area contributed by atoms with E-state index < -0.39 is 0 Å². The van der Waals surface area contributed by atoms with Crippen molar-refractivity contribution in [3.63, 3.8) is 0 Å². The predicted octanol–water partition coefficient (Wildman–Crippen LogP) is -0.111. The first-order valence-electron chi connectivity index (χ1n) is 9.19. The van der Waals surface area contributed by atoms with Crippen molar-refractivity contribution < 1.29 is 19.2 Å². The van der Waals surface area contributed by atoms with Crippen LogP contribution in [0.1, 0.15) is 30.1 Å². The summed E-state index contributed by atoms with van der Waals surface area (Å²) in [6.45, 7) is 7.32. The van der Waals surface area contributed by atoms with Crippen molar-refractivity contribution in [1.82, 2.24) is 5.32 Å². The fraction of sp³-hybridized carbons (Fsp3) is 0.579. The van der Waals surface area contributed by atoms with Crippen LogP contribution in [0.25, 0.3) is 0 Å². The Hall–Kier alpha value is -1.92. The van der Waals surface area contributed by atoms with Crippen molar-refractivity contribution in [3.05, 3.63) is 29.8 Å². The molecule has 6 nitrogen and oxygen atoms in total. The summed E-state index contributed by atoms with van der Waals surface area (Å²) in [5.74, 6) is 0.208. The summed E-state index contributed by atoms with van der Waals surface area (Å²) in [7, 11) is 0. The molecule has 2 N–H and O–H groups in total. The van der Waals surface area contributed by atoms with E-state index in [4.69, 9.17) is 4.74 Å². The first kappa shape index (κ1) is 17.9. The third-order valence-electron chi connectivity index (χ3n) is 5.07. The van der Waals surface area contributed by atoms with Gasteiger partial charge in [0, 0.05) is 24.4 Å². The van der Waals surface area contributed by atoms with Gasteiger partial charge in [0.25, 0.3) is 5.91 Å². The maximum Gasteiger partial charge on any atom is 0.275 e. The van der Waals surface area contributed by atoms with Crippen molar-refractivity contribution in [2.75, 3.05) is 50.8 Å². The number of carbonyl (C=O) groups is 2. The van der Waals surface area contributed by atoms with Crippen LogP contribution in [-0.2, 0) is 9.53 Å². The standard InChI is InChI=1S/C19H27N3O3/c1-15(23)16-4-6-17(7-5-16)22-10-8-21(9-11-22)14-19(24)20-13-18-3-2-12-25-18/h4-7,18H,2-3,8-14H2,1H3,(H,20,24)/p+1/t18-/m1/s1. The summed E-state index contributed by atoms with van der Waals surface area (Å²) in [6.07, 6.45) is 2.35. The molecule has 1 atom stereocenters. The Bertz CT molecular complexity index is 588. The van der Waals surface area contributed by atoms with Gasteiger partial charge in [0.05, 0.1) is 32.3 Å². The quantitative estimate of drug-likeness (QED) is 0.706. The Labute approximate surface area is 149 Å². The Morgan fingerprint density at radius 3 is 2.56 bits per heavy atom. The molecule has 2 aliphatic rings. The van der Waals surface area contributed by atoms with Crippen molar-refractivity contribution in [1.29, 1.82) is 0 Å². The molecule has 2 saturated heterocycles. The summed E-state index contributed by atoms with van der Waals surface area (Å²) in [5.41, 5.74) is 1.89. The number of ketones is 1. The molecule has 2 fully saturated rings. The molecule has 0 aromatic heterocycles. The van der Waals surface area contributed by atoms with E-state index in [0.717, 1.165) is 56.9 Å². The second kappa shape index (κ2) is 8.45. The van der Waals surface area contributed by atoms with Gasteiger partial charge in [-0.3, -0.25) is 9.59 Å². The number of nitrogens with one attached hydrogen (secondary N) is 2. The van der Waals surface area contributed by atoms with Crippen LogP contribution < -0.4 is 15.1 Å². The van der Waals surface area contributed by atoms with E-state index in [-0.39, 0.29) is 17.8 Å². The van der Waals surface area contributed by atoms with Gasteiger partial charge in [-0.15, -0.1) is 0 Å². The molecule has 0 bridgehead atoms. The lowest BCUT2D eigenvalue weighted by Crippen LogP contribution is -3.16. The van der Waals surface area contributed by atoms with Gasteiger partial charge in [0.1, 0.15) is 0 Å². The highest BCUT2D eigenvalue weighted by Crippen LogP contribution is 2.15. The molecule has 1 aromatic carbocycles. The van der Waals surface area contributed by atoms with Crippen LogP contribution in [0, 0.1) is 0 Å². The van der Waals surface area contributed by atoms with Gasteiger partial charge in [0.2, 0.25) is 0 Å². The van der Waals surface area contributed by atoms with Gasteiger partial charge in [0.15, 0.2) is 12.3 Å². The minimum absolute atomic E-state index is 0.0924. The summed E-state index contributed by atoms with van der Waals surface area (Å²) in [5, 5.41) is 3.00. The molecule has 0 radical (unpaired) electrons. The average Bonchev–Trinajstić information content (AvgIpc) is 3.14. The SMILES string of the molecule is CC(=O)c1ccc(N2CC[NH+](CC(=O)NC[C@H]3CCCO3)CC2)cc1. The molecule has 0 saturated carbocycles. The number of rotatable bonds is 6. The number of hydrogen-bond donors (Lipinski definition) is 2. The summed E-state index contributed by atoms with van der Waals surface area (Å²) in [6, 6.07) is 7.79. The number of anilines is 1. The minimum atomic E-state index is 0.0924. The van der Waals surface area contributed by atoms with Gasteiger partial charge < -0.3 is 19.9 Å². The topological polar surface area (TPSA) is 63.1 Å². The number of benzene rings is 1. The van der Waals surface area contributed by atoms with E-state index in [0.29, 0.717) is 13.1 Å². The normalized spacial score (nSPS) is 21.3. The second-order valence-corrected chi connectivity index (χ2v) is 6.96. The number of hydrogen-bond acceptors (Lipinski definition) is 4. The number of carbonyl (C=O) groups excluding carboxylic acids is 2. The molecule has 1 amide bonds. The number of Topliss-reactive ketones (excluding diaryl/α,β-unsaturated/α-hetero) is 1. The number of ether oxygens (including phenoxy) is 1. The Kier molecular flexibility index (Phi) is 6.04. The first-order chi connectivity index (χ1) is 12.1. The maximum atomic E-state index is 12.1. The summed E-state index contributed by atoms with van der Waals surface area (Å²) >= 11 is 0. The lowest BCUT2D eigenvalue weighted by atomic mass is 10.1. The predicted molar refractivity (Wildman–Crippen MR) is 96.2 cm³/mol. The van der Waals surface area contributed by atoms with Crippen LogP contribution in [-0.4, -0.2) is 63.7 Å².